The summed E-state index contributed by atoms with van der Waals surface area (Å²) >= 11 is 0. The Balaban J connectivity index is 0.000000324. The van der Waals surface area contributed by atoms with Gasteiger partial charge in [-0.2, -0.15) is 0 Å². The Kier molecular flexibility index (Phi) is 8.94. The van der Waals surface area contributed by atoms with Crippen LogP contribution in [-0.4, -0.2) is 18.4 Å². The molecule has 0 spiro atoms. The number of benzene rings is 2. The molecule has 132 valence electrons. The maximum absolute atomic E-state index is 11.8. The maximum Gasteiger partial charge on any atom is 0.341 e. The molecule has 0 bridgehead atoms. The van der Waals surface area contributed by atoms with Crippen LogP contribution in [0.4, 0.5) is 0 Å². The van der Waals surface area contributed by atoms with Crippen LogP contribution in [0.3, 0.4) is 0 Å². The molecule has 2 aromatic carbocycles. The predicted molar refractivity (Wildman–Crippen MR) is 102 cm³/mol. The van der Waals surface area contributed by atoms with Crippen LogP contribution in [0.15, 0.2) is 66.7 Å². The first-order valence-electron chi connectivity index (χ1n) is 8.44. The molecule has 0 aliphatic rings. The Morgan fingerprint density at radius 2 is 1.44 bits per heavy atom. The number of hydrogen-bond acceptors (Lipinski definition) is 3. The molecule has 3 heteroatoms. The minimum Gasteiger partial charge on any atom is -0.462 e. The number of carbonyl (C=O) groups is 2. The number of ether oxygens (including phenoxy) is 1. The van der Waals surface area contributed by atoms with Gasteiger partial charge < -0.3 is 4.74 Å². The van der Waals surface area contributed by atoms with Crippen molar-refractivity contribution in [3.05, 3.63) is 83.4 Å². The maximum atomic E-state index is 11.8. The monoisotopic (exact) mass is 338 g/mol. The van der Waals surface area contributed by atoms with E-state index in [1.807, 2.05) is 6.92 Å². The fraction of sp³-hybridized carbons (Fsp3) is 0.273. The Hall–Kier alpha value is -2.68. The van der Waals surface area contributed by atoms with Crippen LogP contribution in [0, 0.1) is 13.8 Å². The lowest BCUT2D eigenvalue weighted by Crippen LogP contribution is -2.15. The van der Waals surface area contributed by atoms with Crippen molar-refractivity contribution in [1.82, 2.24) is 0 Å². The highest BCUT2D eigenvalue weighted by Crippen LogP contribution is 2.08. The molecule has 0 saturated heterocycles. The van der Waals surface area contributed by atoms with Gasteiger partial charge in [0.1, 0.15) is 5.57 Å². The van der Waals surface area contributed by atoms with Crippen molar-refractivity contribution in [2.24, 2.45) is 0 Å². The molecule has 0 unspecified atom stereocenters. The van der Waals surface area contributed by atoms with Gasteiger partial charge in [-0.15, -0.1) is 0 Å². The summed E-state index contributed by atoms with van der Waals surface area (Å²) in [7, 11) is 0. The lowest BCUT2D eigenvalue weighted by Gasteiger charge is -2.05. The first-order chi connectivity index (χ1) is 12.0. The van der Waals surface area contributed by atoms with Crippen LogP contribution in [0.5, 0.6) is 0 Å². The van der Waals surface area contributed by atoms with Crippen LogP contribution < -0.4 is 0 Å². The first kappa shape index (κ1) is 20.4. The molecule has 0 N–H and O–H groups in total. The average Bonchev–Trinajstić information content (AvgIpc) is 2.64. The van der Waals surface area contributed by atoms with Gasteiger partial charge in [0.05, 0.1) is 6.61 Å². The second-order valence-corrected chi connectivity index (χ2v) is 5.82. The van der Waals surface area contributed by atoms with Gasteiger partial charge in [0.2, 0.25) is 0 Å². The molecule has 25 heavy (non-hydrogen) atoms. The number of ketones is 1. The highest BCUT2D eigenvalue weighted by Gasteiger charge is 2.18. The summed E-state index contributed by atoms with van der Waals surface area (Å²) in [6.45, 7) is 10.0. The molecule has 0 aliphatic heterocycles. The van der Waals surface area contributed by atoms with E-state index in [0.29, 0.717) is 12.2 Å². The van der Waals surface area contributed by atoms with Gasteiger partial charge in [-0.1, -0.05) is 85.6 Å². The Morgan fingerprint density at radius 3 is 1.92 bits per heavy atom. The molecule has 2 aromatic rings. The second kappa shape index (κ2) is 11.0. The minimum absolute atomic E-state index is 0.118. The highest BCUT2D eigenvalue weighted by molar-refractivity contribution is 6.23. The van der Waals surface area contributed by atoms with Crippen molar-refractivity contribution in [3.8, 4) is 0 Å². The number of esters is 1. The third-order valence-corrected chi connectivity index (χ3v) is 3.51. The Morgan fingerprint density at radius 1 is 0.920 bits per heavy atom. The van der Waals surface area contributed by atoms with Gasteiger partial charge in [-0.25, -0.2) is 4.79 Å². The highest BCUT2D eigenvalue weighted by atomic mass is 16.5. The SMILES string of the molecule is C=C(C(=O)OCCCC)C(=O)c1ccccc1.Cc1ccc(C)cc1. The Labute approximate surface area is 150 Å². The summed E-state index contributed by atoms with van der Waals surface area (Å²) in [6, 6.07) is 17.1. The molecular formula is C22H26O3. The molecule has 0 saturated carbocycles. The van der Waals surface area contributed by atoms with E-state index < -0.39 is 5.97 Å². The van der Waals surface area contributed by atoms with Crippen molar-refractivity contribution >= 4 is 11.8 Å². The molecule has 0 aromatic heterocycles. The van der Waals surface area contributed by atoms with Gasteiger partial charge in [0.15, 0.2) is 5.78 Å². The van der Waals surface area contributed by atoms with Gasteiger partial charge in [0, 0.05) is 5.56 Å². The lowest BCUT2D eigenvalue weighted by atomic mass is 10.1. The molecule has 0 radical (unpaired) electrons. The van der Waals surface area contributed by atoms with E-state index in [9.17, 15) is 9.59 Å². The molecule has 3 nitrogen and oxygen atoms in total. The van der Waals surface area contributed by atoms with Crippen LogP contribution >= 0.6 is 0 Å². The Bertz CT molecular complexity index is 664. The first-order valence-corrected chi connectivity index (χ1v) is 8.44. The van der Waals surface area contributed by atoms with E-state index in [1.165, 1.54) is 11.1 Å². The zero-order valence-corrected chi connectivity index (χ0v) is 15.2. The fourth-order valence-electron chi connectivity index (χ4n) is 1.89. The summed E-state index contributed by atoms with van der Waals surface area (Å²) in [5, 5.41) is 0. The normalized spacial score (nSPS) is 9.56. The van der Waals surface area contributed by atoms with E-state index in [0.717, 1.165) is 12.8 Å². The lowest BCUT2D eigenvalue weighted by molar-refractivity contribution is -0.138. The third-order valence-electron chi connectivity index (χ3n) is 3.51. The van der Waals surface area contributed by atoms with Gasteiger partial charge in [-0.3, -0.25) is 4.79 Å². The van der Waals surface area contributed by atoms with E-state index in [1.54, 1.807) is 30.3 Å². The van der Waals surface area contributed by atoms with Gasteiger partial charge in [-0.05, 0) is 20.3 Å². The standard InChI is InChI=1S/C14H16O3.C8H10/c1-3-4-10-17-14(16)11(2)13(15)12-8-6-5-7-9-12;1-7-3-5-8(2)6-4-7/h5-9H,2-4,10H2,1H3;3-6H,1-2H3. The summed E-state index contributed by atoms with van der Waals surface area (Å²) in [5.74, 6) is -1.01. The van der Waals surface area contributed by atoms with E-state index in [4.69, 9.17) is 4.74 Å². The van der Waals surface area contributed by atoms with Crippen molar-refractivity contribution in [1.29, 1.82) is 0 Å². The topological polar surface area (TPSA) is 43.4 Å². The zero-order valence-electron chi connectivity index (χ0n) is 15.2. The van der Waals surface area contributed by atoms with Gasteiger partial charge in [0.25, 0.3) is 0 Å². The second-order valence-electron chi connectivity index (χ2n) is 5.82. The van der Waals surface area contributed by atoms with E-state index >= 15 is 0 Å². The number of carbonyl (C=O) groups excluding carboxylic acids is 2. The summed E-state index contributed by atoms with van der Waals surface area (Å²) < 4.78 is 4.93. The molecule has 0 aliphatic carbocycles. The average molecular weight is 338 g/mol. The van der Waals surface area contributed by atoms with Crippen molar-refractivity contribution in [2.75, 3.05) is 6.61 Å². The van der Waals surface area contributed by atoms with Crippen molar-refractivity contribution in [3.63, 3.8) is 0 Å². The number of rotatable bonds is 6. The quantitative estimate of drug-likeness (QED) is 0.184. The minimum atomic E-state index is -0.632. The molecule has 0 amide bonds. The van der Waals surface area contributed by atoms with Gasteiger partial charge >= 0.3 is 5.97 Å². The predicted octanol–water partition coefficient (Wildman–Crippen LogP) is 5.07. The molecule has 0 heterocycles. The van der Waals surface area contributed by atoms with E-state index in [-0.39, 0.29) is 11.4 Å². The summed E-state index contributed by atoms with van der Waals surface area (Å²) in [4.78, 5) is 23.3. The number of hydrogen-bond donors (Lipinski definition) is 0. The van der Waals surface area contributed by atoms with Crippen LogP contribution in [-0.2, 0) is 9.53 Å². The third kappa shape index (κ3) is 7.62. The van der Waals surface area contributed by atoms with Crippen molar-refractivity contribution < 1.29 is 14.3 Å². The fourth-order valence-corrected chi connectivity index (χ4v) is 1.89. The molecular weight excluding hydrogens is 312 g/mol. The van der Waals surface area contributed by atoms with Crippen LogP contribution in [0.25, 0.3) is 0 Å². The molecule has 2 rings (SSSR count). The molecule has 0 fully saturated rings. The summed E-state index contributed by atoms with van der Waals surface area (Å²) in [6.07, 6.45) is 1.73. The van der Waals surface area contributed by atoms with Crippen LogP contribution in [0.1, 0.15) is 41.3 Å². The zero-order chi connectivity index (χ0) is 18.7. The number of unbranched alkanes of at least 4 members (excludes halogenated alkanes) is 1. The largest absolute Gasteiger partial charge is 0.462 e. The van der Waals surface area contributed by atoms with E-state index in [2.05, 4.69) is 44.7 Å². The number of Topliss-reactive ketones (excluding diaryl/α,β-unsaturated/α-hetero) is 1. The smallest absolute Gasteiger partial charge is 0.341 e. The van der Waals surface area contributed by atoms with Crippen molar-refractivity contribution in [2.45, 2.75) is 33.6 Å². The molecule has 0 atom stereocenters. The van der Waals surface area contributed by atoms with Crippen LogP contribution in [0.2, 0.25) is 0 Å². The number of aryl methyl sites for hydroxylation is 2. The summed E-state index contributed by atoms with van der Waals surface area (Å²) in [5.41, 5.74) is 2.99.